The van der Waals surface area contributed by atoms with Crippen molar-refractivity contribution in [1.82, 2.24) is 0 Å². The highest BCUT2D eigenvalue weighted by Gasteiger charge is 2.71. The van der Waals surface area contributed by atoms with E-state index >= 15 is 0 Å². The summed E-state index contributed by atoms with van der Waals surface area (Å²) in [5.74, 6) is 2.77. The van der Waals surface area contributed by atoms with Crippen molar-refractivity contribution < 1.29 is 19.1 Å². The third kappa shape index (κ3) is 3.80. The molecule has 38 heavy (non-hydrogen) atoms. The summed E-state index contributed by atoms with van der Waals surface area (Å²) in [4.78, 5) is 24.0. The first-order valence-electron chi connectivity index (χ1n) is 15.6. The van der Waals surface area contributed by atoms with E-state index in [1.54, 1.807) is 0 Å². The highest BCUT2D eigenvalue weighted by atomic mass is 16.6. The maximum Gasteiger partial charge on any atom is 0.302 e. The molecule has 0 amide bonds. The lowest BCUT2D eigenvalue weighted by molar-refractivity contribution is -0.256. The van der Waals surface area contributed by atoms with Crippen LogP contribution in [-0.2, 0) is 19.1 Å². The molecule has 0 aromatic rings. The minimum absolute atomic E-state index is 0.150. The Morgan fingerprint density at radius 3 is 2.11 bits per heavy atom. The molecule has 5 saturated carbocycles. The molecule has 5 aliphatic rings. The maximum absolute atomic E-state index is 12.1. The number of allylic oxidation sites excluding steroid dienone is 1. The van der Waals surface area contributed by atoms with Gasteiger partial charge in [-0.3, -0.25) is 9.59 Å². The van der Waals surface area contributed by atoms with Gasteiger partial charge >= 0.3 is 11.9 Å². The Kier molecular flexibility index (Phi) is 6.76. The topological polar surface area (TPSA) is 52.6 Å². The molecule has 0 bridgehead atoms. The Balaban J connectivity index is 1.51. The summed E-state index contributed by atoms with van der Waals surface area (Å²) in [6.07, 6.45) is 12.1. The predicted octanol–water partition coefficient (Wildman–Crippen LogP) is 8.14. The van der Waals surface area contributed by atoms with Crippen LogP contribution in [0.3, 0.4) is 0 Å². The van der Waals surface area contributed by atoms with E-state index in [0.717, 1.165) is 31.1 Å². The molecule has 0 N–H and O–H groups in total. The van der Waals surface area contributed by atoms with Crippen LogP contribution >= 0.6 is 0 Å². The zero-order valence-electron chi connectivity index (χ0n) is 25.6. The summed E-state index contributed by atoms with van der Waals surface area (Å²) in [6.45, 7) is 22.9. The van der Waals surface area contributed by atoms with E-state index in [0.29, 0.717) is 40.6 Å². The van der Waals surface area contributed by atoms with Crippen LogP contribution in [0, 0.1) is 56.7 Å². The van der Waals surface area contributed by atoms with Crippen LogP contribution in [-0.4, -0.2) is 24.6 Å². The number of ether oxygens (including phenoxy) is 2. The summed E-state index contributed by atoms with van der Waals surface area (Å²) in [7, 11) is 0. The van der Waals surface area contributed by atoms with Crippen molar-refractivity contribution in [2.45, 2.75) is 126 Å². The molecule has 5 unspecified atom stereocenters. The molecule has 11 atom stereocenters. The van der Waals surface area contributed by atoms with Crippen LogP contribution in [0.5, 0.6) is 0 Å². The van der Waals surface area contributed by atoms with Gasteiger partial charge in [-0.15, -0.1) is 0 Å². The van der Waals surface area contributed by atoms with E-state index in [4.69, 9.17) is 9.47 Å². The monoisotopic (exact) mass is 526 g/mol. The van der Waals surface area contributed by atoms with Gasteiger partial charge in [-0.2, -0.15) is 0 Å². The van der Waals surface area contributed by atoms with Gasteiger partial charge < -0.3 is 9.47 Å². The molecule has 4 heteroatoms. The zero-order valence-corrected chi connectivity index (χ0v) is 25.6. The zero-order chi connectivity index (χ0) is 27.9. The van der Waals surface area contributed by atoms with Crippen LogP contribution in [0.2, 0.25) is 0 Å². The molecule has 5 aliphatic carbocycles. The molecule has 5 fully saturated rings. The van der Waals surface area contributed by atoms with Gasteiger partial charge in [0.15, 0.2) is 0 Å². The lowest BCUT2D eigenvalue weighted by Gasteiger charge is -2.73. The Morgan fingerprint density at radius 2 is 1.47 bits per heavy atom. The van der Waals surface area contributed by atoms with Crippen LogP contribution in [0.25, 0.3) is 0 Å². The lowest BCUT2D eigenvalue weighted by atomic mass is 9.32. The molecule has 0 aromatic heterocycles. The number of rotatable bonds is 4. The Labute approximate surface area is 232 Å². The average Bonchev–Trinajstić information content (AvgIpc) is 3.18. The summed E-state index contributed by atoms with van der Waals surface area (Å²) in [5.41, 5.74) is 2.31. The molecule has 4 nitrogen and oxygen atoms in total. The molecule has 0 saturated heterocycles. The molecule has 0 heterocycles. The second-order valence-electron chi connectivity index (χ2n) is 15.8. The first-order chi connectivity index (χ1) is 17.6. The van der Waals surface area contributed by atoms with Gasteiger partial charge in [0, 0.05) is 19.3 Å². The normalized spacial score (nSPS) is 51.6. The van der Waals surface area contributed by atoms with E-state index in [2.05, 4.69) is 48.1 Å². The van der Waals surface area contributed by atoms with Crippen LogP contribution in [0.4, 0.5) is 0 Å². The predicted molar refractivity (Wildman–Crippen MR) is 151 cm³/mol. The molecular weight excluding hydrogens is 472 g/mol. The fraction of sp³-hybridized carbons (Fsp3) is 0.882. The van der Waals surface area contributed by atoms with Crippen LogP contribution in [0.1, 0.15) is 120 Å². The number of hydrogen-bond donors (Lipinski definition) is 0. The van der Waals surface area contributed by atoms with Crippen molar-refractivity contribution in [3.8, 4) is 0 Å². The summed E-state index contributed by atoms with van der Waals surface area (Å²) in [6, 6.07) is 0. The van der Waals surface area contributed by atoms with Gasteiger partial charge in [-0.05, 0) is 122 Å². The average molecular weight is 527 g/mol. The summed E-state index contributed by atoms with van der Waals surface area (Å²) < 4.78 is 11.7. The SMILES string of the molecule is C=C(C)[C@@H]1CCC2(C)CC[C@]3(C)C(CCC4[C@@]5(C)CC[C@H](OC(C)=O)[C@@](C)(COC(C)=O)C5CC[C@]43C)C12. The van der Waals surface area contributed by atoms with E-state index in [-0.39, 0.29) is 28.9 Å². The van der Waals surface area contributed by atoms with E-state index in [1.807, 2.05) is 0 Å². The third-order valence-electron chi connectivity index (χ3n) is 14.1. The van der Waals surface area contributed by atoms with E-state index in [9.17, 15) is 9.59 Å². The van der Waals surface area contributed by atoms with Crippen molar-refractivity contribution in [1.29, 1.82) is 0 Å². The Morgan fingerprint density at radius 1 is 0.763 bits per heavy atom. The lowest BCUT2D eigenvalue weighted by Crippen LogP contribution is -2.67. The van der Waals surface area contributed by atoms with E-state index < -0.39 is 0 Å². The highest BCUT2D eigenvalue weighted by molar-refractivity contribution is 5.66. The highest BCUT2D eigenvalue weighted by Crippen LogP contribution is 2.77. The number of esters is 2. The van der Waals surface area contributed by atoms with Gasteiger partial charge in [0.1, 0.15) is 12.7 Å². The quantitative estimate of drug-likeness (QED) is 0.274. The molecular formula is C34H54O4. The fourth-order valence-electron chi connectivity index (χ4n) is 12.1. The Bertz CT molecular complexity index is 1000. The standard InChI is InChI=1S/C34H54O4/c1-21(2)24-12-15-30(5)18-19-33(8)25(29(24)30)10-11-27-31(6)16-14-28(38-23(4)36)32(7,20-37-22(3)35)26(31)13-17-34(27,33)9/h24-29H,1,10-20H2,2-9H3/t24-,25?,26?,27?,28-,29?,30?,31-,32-,33+,34+/m0/s1. The number of carbonyl (C=O) groups is 2. The molecule has 5 rings (SSSR count). The van der Waals surface area contributed by atoms with Crippen molar-refractivity contribution in [3.05, 3.63) is 12.2 Å². The van der Waals surface area contributed by atoms with Crippen LogP contribution < -0.4 is 0 Å². The largest absolute Gasteiger partial charge is 0.465 e. The van der Waals surface area contributed by atoms with Crippen molar-refractivity contribution in [2.24, 2.45) is 56.7 Å². The summed E-state index contributed by atoms with van der Waals surface area (Å²) in [5, 5.41) is 0. The van der Waals surface area contributed by atoms with Crippen molar-refractivity contribution in [3.63, 3.8) is 0 Å². The van der Waals surface area contributed by atoms with Gasteiger partial charge in [-0.1, -0.05) is 46.8 Å². The summed E-state index contributed by atoms with van der Waals surface area (Å²) >= 11 is 0. The second kappa shape index (κ2) is 9.10. The van der Waals surface area contributed by atoms with Crippen molar-refractivity contribution >= 4 is 11.9 Å². The molecule has 0 aromatic carbocycles. The first kappa shape index (κ1) is 28.2. The van der Waals surface area contributed by atoms with Crippen molar-refractivity contribution in [2.75, 3.05) is 6.61 Å². The van der Waals surface area contributed by atoms with Gasteiger partial charge in [-0.25, -0.2) is 0 Å². The minimum atomic E-state index is -0.356. The second-order valence-corrected chi connectivity index (χ2v) is 15.8. The maximum atomic E-state index is 12.1. The van der Waals surface area contributed by atoms with Gasteiger partial charge in [0.05, 0.1) is 0 Å². The molecule has 0 spiro atoms. The smallest absolute Gasteiger partial charge is 0.302 e. The third-order valence-corrected chi connectivity index (χ3v) is 14.1. The molecule has 0 aliphatic heterocycles. The minimum Gasteiger partial charge on any atom is -0.465 e. The van der Waals surface area contributed by atoms with Gasteiger partial charge in [0.2, 0.25) is 0 Å². The fourth-order valence-corrected chi connectivity index (χ4v) is 12.1. The number of carbonyl (C=O) groups excluding carboxylic acids is 2. The van der Waals surface area contributed by atoms with Gasteiger partial charge in [0.25, 0.3) is 0 Å². The van der Waals surface area contributed by atoms with Crippen LogP contribution in [0.15, 0.2) is 12.2 Å². The molecule has 214 valence electrons. The number of fused-ring (bicyclic) bond motifs is 7. The Hall–Kier alpha value is -1.32. The first-order valence-corrected chi connectivity index (χ1v) is 15.6. The number of hydrogen-bond acceptors (Lipinski definition) is 4. The van der Waals surface area contributed by atoms with E-state index in [1.165, 1.54) is 64.4 Å². The molecule has 0 radical (unpaired) electrons.